The molecule has 39 heavy (non-hydrogen) atoms. The van der Waals surface area contributed by atoms with Crippen LogP contribution in [0.15, 0.2) is 54.6 Å². The van der Waals surface area contributed by atoms with Crippen molar-refractivity contribution in [2.24, 2.45) is 11.8 Å². The number of ether oxygens (including phenoxy) is 1. The maximum absolute atomic E-state index is 12.1. The fourth-order valence-corrected chi connectivity index (χ4v) is 6.10. The van der Waals surface area contributed by atoms with Gasteiger partial charge in [0, 0.05) is 23.7 Å². The summed E-state index contributed by atoms with van der Waals surface area (Å²) in [6, 6.07) is 17.7. The molecular formula is C30H32ClN5O3. The first-order valence-corrected chi connectivity index (χ1v) is 14.0. The first-order valence-electron chi connectivity index (χ1n) is 13.6. The average molecular weight is 546 g/mol. The predicted octanol–water partition coefficient (Wildman–Crippen LogP) is 6.25. The molecule has 0 amide bonds. The van der Waals surface area contributed by atoms with Gasteiger partial charge in [-0.2, -0.15) is 4.98 Å². The number of halogens is 1. The van der Waals surface area contributed by atoms with Crippen LogP contribution >= 0.6 is 11.6 Å². The second-order valence-corrected chi connectivity index (χ2v) is 11.2. The van der Waals surface area contributed by atoms with Crippen molar-refractivity contribution in [3.63, 3.8) is 0 Å². The average Bonchev–Trinajstić information content (AvgIpc) is 3.32. The number of morpholine rings is 1. The van der Waals surface area contributed by atoms with E-state index in [2.05, 4.69) is 38.5 Å². The van der Waals surface area contributed by atoms with Crippen molar-refractivity contribution in [1.29, 1.82) is 0 Å². The standard InChI is InChI=1S/C30H32ClN5O3/c1-19-10-12-20(13-11-19)17-36-26-25(22-8-5-9-23(31)16-22)32-28(29(37)38)33-27(26)34-30(36)35-14-15-39-18-24(35)21-6-3-2-4-7-21/h2-9,16,19-20,24H,10-15,17-18H2,1H3,(H,37,38). The van der Waals surface area contributed by atoms with Crippen LogP contribution in [0.2, 0.25) is 5.02 Å². The number of hydrogen-bond acceptors (Lipinski definition) is 6. The Morgan fingerprint density at radius 1 is 1.05 bits per heavy atom. The zero-order chi connectivity index (χ0) is 26.9. The van der Waals surface area contributed by atoms with Crippen molar-refractivity contribution in [1.82, 2.24) is 19.5 Å². The lowest BCUT2D eigenvalue weighted by atomic mass is 9.83. The van der Waals surface area contributed by atoms with Crippen LogP contribution in [0.1, 0.15) is 54.8 Å². The predicted molar refractivity (Wildman–Crippen MR) is 151 cm³/mol. The molecule has 3 heterocycles. The van der Waals surface area contributed by atoms with E-state index in [1.807, 2.05) is 36.4 Å². The van der Waals surface area contributed by atoms with E-state index in [0.29, 0.717) is 42.0 Å². The number of fused-ring (bicyclic) bond motifs is 1. The van der Waals surface area contributed by atoms with Gasteiger partial charge in [0.2, 0.25) is 11.8 Å². The number of nitrogens with zero attached hydrogens (tertiary/aromatic N) is 5. The number of imidazole rings is 1. The Labute approximate surface area is 232 Å². The van der Waals surface area contributed by atoms with Crippen LogP contribution in [0, 0.1) is 11.8 Å². The van der Waals surface area contributed by atoms with Crippen LogP contribution in [0.4, 0.5) is 5.95 Å². The molecule has 1 aliphatic heterocycles. The first-order chi connectivity index (χ1) is 19.0. The first kappa shape index (κ1) is 25.8. The molecule has 1 N–H and O–H groups in total. The van der Waals surface area contributed by atoms with E-state index >= 15 is 0 Å². The summed E-state index contributed by atoms with van der Waals surface area (Å²) in [5.74, 6) is 0.541. The SMILES string of the molecule is CC1CCC(Cn2c(N3CCOCC3c3ccccc3)nc3nc(C(=O)O)nc(-c4cccc(Cl)c4)c32)CC1. The summed E-state index contributed by atoms with van der Waals surface area (Å²) in [6.07, 6.45) is 4.70. The van der Waals surface area contributed by atoms with E-state index in [-0.39, 0.29) is 11.9 Å². The van der Waals surface area contributed by atoms with Gasteiger partial charge in [-0.15, -0.1) is 0 Å². The highest BCUT2D eigenvalue weighted by Crippen LogP contribution is 2.38. The summed E-state index contributed by atoms with van der Waals surface area (Å²) in [4.78, 5) is 28.3. The van der Waals surface area contributed by atoms with E-state index in [1.54, 1.807) is 6.07 Å². The van der Waals surface area contributed by atoms with Crippen LogP contribution < -0.4 is 4.90 Å². The fourth-order valence-electron chi connectivity index (χ4n) is 5.91. The quantitative estimate of drug-likeness (QED) is 0.306. The molecule has 9 heteroatoms. The van der Waals surface area contributed by atoms with Gasteiger partial charge in [-0.05, 0) is 42.4 Å². The van der Waals surface area contributed by atoms with Gasteiger partial charge in [-0.1, -0.05) is 73.8 Å². The van der Waals surface area contributed by atoms with Gasteiger partial charge >= 0.3 is 5.97 Å². The smallest absolute Gasteiger partial charge is 0.374 e. The Hall–Kier alpha value is -3.49. The summed E-state index contributed by atoms with van der Waals surface area (Å²) < 4.78 is 8.16. The van der Waals surface area contributed by atoms with Crippen molar-refractivity contribution in [3.05, 3.63) is 71.0 Å². The van der Waals surface area contributed by atoms with E-state index in [0.717, 1.165) is 47.9 Å². The number of aromatic nitrogens is 4. The summed E-state index contributed by atoms with van der Waals surface area (Å²) in [6.45, 7) is 4.88. The minimum Gasteiger partial charge on any atom is -0.475 e. The Kier molecular flexibility index (Phi) is 7.23. The van der Waals surface area contributed by atoms with E-state index in [9.17, 15) is 9.90 Å². The van der Waals surface area contributed by atoms with Crippen LogP contribution in [0.3, 0.4) is 0 Å². The molecule has 6 rings (SSSR count). The molecule has 8 nitrogen and oxygen atoms in total. The minimum atomic E-state index is -1.19. The van der Waals surface area contributed by atoms with Crippen LogP contribution in [-0.2, 0) is 11.3 Å². The number of benzene rings is 2. The molecule has 2 aromatic carbocycles. The number of rotatable bonds is 6. The van der Waals surface area contributed by atoms with Gasteiger partial charge in [-0.3, -0.25) is 0 Å². The Morgan fingerprint density at radius 3 is 2.59 bits per heavy atom. The van der Waals surface area contributed by atoms with Gasteiger partial charge in [0.15, 0.2) is 5.65 Å². The third-order valence-corrected chi connectivity index (χ3v) is 8.25. The van der Waals surface area contributed by atoms with Gasteiger partial charge in [-0.25, -0.2) is 14.8 Å². The molecule has 4 aromatic rings. The number of carboxylic acid groups (broad SMARTS) is 1. The molecule has 1 saturated heterocycles. The summed E-state index contributed by atoms with van der Waals surface area (Å²) in [7, 11) is 0. The molecular weight excluding hydrogens is 514 g/mol. The molecule has 1 aliphatic carbocycles. The second kappa shape index (κ2) is 10.9. The van der Waals surface area contributed by atoms with Gasteiger partial charge < -0.3 is 19.3 Å². The van der Waals surface area contributed by atoms with E-state index in [4.69, 9.17) is 21.3 Å². The van der Waals surface area contributed by atoms with Crippen molar-refractivity contribution in [2.75, 3.05) is 24.7 Å². The zero-order valence-electron chi connectivity index (χ0n) is 22.0. The zero-order valence-corrected chi connectivity index (χ0v) is 22.7. The van der Waals surface area contributed by atoms with E-state index < -0.39 is 5.97 Å². The molecule has 1 saturated carbocycles. The van der Waals surface area contributed by atoms with Crippen molar-refractivity contribution in [2.45, 2.75) is 45.2 Å². The highest BCUT2D eigenvalue weighted by molar-refractivity contribution is 6.30. The molecule has 2 aliphatic rings. The molecule has 2 aromatic heterocycles. The van der Waals surface area contributed by atoms with Crippen LogP contribution in [0.25, 0.3) is 22.4 Å². The van der Waals surface area contributed by atoms with Crippen molar-refractivity contribution in [3.8, 4) is 11.3 Å². The monoisotopic (exact) mass is 545 g/mol. The molecule has 202 valence electrons. The summed E-state index contributed by atoms with van der Waals surface area (Å²) in [5.41, 5.74) is 3.55. The number of anilines is 1. The highest BCUT2D eigenvalue weighted by atomic mass is 35.5. The number of carbonyl (C=O) groups is 1. The number of carboxylic acids is 1. The summed E-state index contributed by atoms with van der Waals surface area (Å²) >= 11 is 6.37. The van der Waals surface area contributed by atoms with Crippen molar-refractivity contribution >= 4 is 34.7 Å². The number of aromatic carboxylic acids is 1. The largest absolute Gasteiger partial charge is 0.475 e. The topological polar surface area (TPSA) is 93.4 Å². The van der Waals surface area contributed by atoms with Crippen LogP contribution in [0.5, 0.6) is 0 Å². The van der Waals surface area contributed by atoms with Crippen LogP contribution in [-0.4, -0.2) is 50.4 Å². The Bertz CT molecular complexity index is 1480. The van der Waals surface area contributed by atoms with Gasteiger partial charge in [0.25, 0.3) is 0 Å². The highest BCUT2D eigenvalue weighted by Gasteiger charge is 2.32. The lowest BCUT2D eigenvalue weighted by Crippen LogP contribution is -2.41. The lowest BCUT2D eigenvalue weighted by Gasteiger charge is -2.37. The Balaban J connectivity index is 1.56. The molecule has 2 fully saturated rings. The molecule has 1 atom stereocenters. The summed E-state index contributed by atoms with van der Waals surface area (Å²) in [5, 5.41) is 10.4. The maximum Gasteiger partial charge on any atom is 0.374 e. The molecule has 0 radical (unpaired) electrons. The van der Waals surface area contributed by atoms with Crippen molar-refractivity contribution < 1.29 is 14.6 Å². The molecule has 0 bridgehead atoms. The lowest BCUT2D eigenvalue weighted by molar-refractivity contribution is 0.0684. The third kappa shape index (κ3) is 5.23. The molecule has 0 spiro atoms. The second-order valence-electron chi connectivity index (χ2n) is 10.7. The molecule has 1 unspecified atom stereocenters. The third-order valence-electron chi connectivity index (χ3n) is 8.02. The van der Waals surface area contributed by atoms with E-state index in [1.165, 1.54) is 12.8 Å². The Morgan fingerprint density at radius 2 is 1.85 bits per heavy atom. The van der Waals surface area contributed by atoms with Gasteiger partial charge in [0.05, 0.1) is 19.3 Å². The minimum absolute atomic E-state index is 0.0246. The number of hydrogen-bond donors (Lipinski definition) is 1. The maximum atomic E-state index is 12.1. The fraction of sp³-hybridized carbons (Fsp3) is 0.400. The normalized spacial score (nSPS) is 21.8. The van der Waals surface area contributed by atoms with Gasteiger partial charge in [0.1, 0.15) is 11.2 Å².